The van der Waals surface area contributed by atoms with Crippen LogP contribution in [0.25, 0.3) is 0 Å². The van der Waals surface area contributed by atoms with Crippen molar-refractivity contribution in [1.82, 2.24) is 19.8 Å². The topological polar surface area (TPSA) is 63.8 Å². The normalized spacial score (nSPS) is 15.0. The molecule has 0 saturated carbocycles. The number of nitrogens with zero attached hydrogens (tertiary/aromatic N) is 4. The van der Waals surface area contributed by atoms with Crippen molar-refractivity contribution in [2.45, 2.75) is 26.2 Å². The molecule has 2 aromatic rings. The minimum atomic E-state index is 0. The molecule has 0 unspecified atom stereocenters. The van der Waals surface area contributed by atoms with Crippen LogP contribution >= 0.6 is 0 Å². The maximum atomic E-state index is 4.74. The second-order valence-electron chi connectivity index (χ2n) is 5.59. The molecule has 5 nitrogen and oxygen atoms in total. The van der Waals surface area contributed by atoms with Gasteiger partial charge in [-0.3, -0.25) is 19.8 Å². The summed E-state index contributed by atoms with van der Waals surface area (Å²) in [6, 6.07) is 12.6. The predicted octanol–water partition coefficient (Wildman–Crippen LogP) is 1.68. The second kappa shape index (κ2) is 9.86. The summed E-state index contributed by atoms with van der Waals surface area (Å²) >= 11 is 0. The summed E-state index contributed by atoms with van der Waals surface area (Å²) in [6.07, 6.45) is 0. The van der Waals surface area contributed by atoms with Gasteiger partial charge in [-0.2, -0.15) is 0 Å². The van der Waals surface area contributed by atoms with Gasteiger partial charge in [0.25, 0.3) is 0 Å². The minimum absolute atomic E-state index is 0. The maximum Gasteiger partial charge on any atom is 0.0547 e. The molecule has 0 aliphatic carbocycles. The van der Waals surface area contributed by atoms with Gasteiger partial charge in [0, 0.05) is 46.6 Å². The molecule has 130 valence electrons. The molecule has 23 heavy (non-hydrogen) atoms. The Morgan fingerprint density at radius 2 is 0.957 bits per heavy atom. The number of fused-ring (bicyclic) bond motifs is 4. The molecule has 4 bridgehead atoms. The molecule has 2 aromatic heterocycles. The zero-order valence-corrected chi connectivity index (χ0v) is 15.5. The van der Waals surface area contributed by atoms with Crippen LogP contribution in [0.15, 0.2) is 36.4 Å². The Morgan fingerprint density at radius 1 is 0.696 bits per heavy atom. The molecule has 3 heterocycles. The predicted molar refractivity (Wildman–Crippen MR) is 88.8 cm³/mol. The van der Waals surface area contributed by atoms with Crippen molar-refractivity contribution in [1.29, 1.82) is 0 Å². The summed E-state index contributed by atoms with van der Waals surface area (Å²) in [4.78, 5) is 14.0. The van der Waals surface area contributed by atoms with Gasteiger partial charge in [-0.1, -0.05) is 12.1 Å². The third-order valence-corrected chi connectivity index (χ3v) is 3.46. The monoisotopic (exact) mass is 407 g/mol. The van der Waals surface area contributed by atoms with E-state index in [9.17, 15) is 0 Å². The average Bonchev–Trinajstić information content (AvgIpc) is 2.38. The molecule has 0 saturated heterocycles. The fraction of sp³-hybridized carbons (Fsp3) is 0.353. The molecule has 1 aliphatic heterocycles. The van der Waals surface area contributed by atoms with E-state index in [2.05, 4.69) is 60.3 Å². The van der Waals surface area contributed by atoms with Crippen LogP contribution in [0.5, 0.6) is 0 Å². The molecule has 0 aromatic carbocycles. The zero-order chi connectivity index (χ0) is 13.9. The number of rotatable bonds is 0. The van der Waals surface area contributed by atoms with Gasteiger partial charge in [0.15, 0.2) is 0 Å². The summed E-state index contributed by atoms with van der Waals surface area (Å²) in [5, 5.41) is 0. The first-order chi connectivity index (χ1) is 9.69. The van der Waals surface area contributed by atoms with Gasteiger partial charge in [-0.25, -0.2) is 0 Å². The fourth-order valence-electron chi connectivity index (χ4n) is 2.63. The van der Waals surface area contributed by atoms with E-state index in [1.807, 2.05) is 0 Å². The van der Waals surface area contributed by atoms with E-state index >= 15 is 0 Å². The Balaban J connectivity index is 0.00000161. The first-order valence-electron chi connectivity index (χ1n) is 6.96. The van der Waals surface area contributed by atoms with Crippen LogP contribution in [0.3, 0.4) is 0 Å². The van der Waals surface area contributed by atoms with E-state index in [4.69, 9.17) is 9.97 Å². The van der Waals surface area contributed by atoms with E-state index in [0.29, 0.717) is 0 Å². The maximum absolute atomic E-state index is 4.74. The number of aromatic nitrogens is 2. The van der Waals surface area contributed by atoms with Crippen molar-refractivity contribution >= 4 is 0 Å². The molecule has 0 fully saturated rings. The summed E-state index contributed by atoms with van der Waals surface area (Å²) < 4.78 is 0. The Bertz CT molecular complexity index is 513. The van der Waals surface area contributed by atoms with Crippen LogP contribution in [-0.4, -0.2) is 39.3 Å². The number of pyridine rings is 2. The van der Waals surface area contributed by atoms with Crippen LogP contribution < -0.4 is 0 Å². The van der Waals surface area contributed by atoms with Crippen molar-refractivity contribution < 1.29 is 25.9 Å². The summed E-state index contributed by atoms with van der Waals surface area (Å²) in [5.41, 5.74) is 4.48. The first-order valence-corrected chi connectivity index (χ1v) is 6.96. The Labute approximate surface area is 152 Å². The van der Waals surface area contributed by atoms with Crippen LogP contribution in [0, 0.1) is 7.43 Å². The van der Waals surface area contributed by atoms with Crippen molar-refractivity contribution in [3.63, 3.8) is 0 Å². The molecular formula is C17H25N4OPd-. The third-order valence-electron chi connectivity index (χ3n) is 3.46. The van der Waals surface area contributed by atoms with Gasteiger partial charge in [-0.05, 0) is 38.4 Å². The van der Waals surface area contributed by atoms with E-state index in [1.165, 1.54) is 0 Å². The molecule has 6 heteroatoms. The second-order valence-corrected chi connectivity index (χ2v) is 5.59. The molecule has 0 amide bonds. The Morgan fingerprint density at radius 3 is 1.22 bits per heavy atom. The quantitative estimate of drug-likeness (QED) is 0.492. The minimum Gasteiger partial charge on any atom is -0.412 e. The van der Waals surface area contributed by atoms with Crippen molar-refractivity contribution in [3.8, 4) is 0 Å². The number of hydrogen-bond donors (Lipinski definition) is 0. The van der Waals surface area contributed by atoms with Gasteiger partial charge in [-0.15, -0.1) is 0 Å². The summed E-state index contributed by atoms with van der Waals surface area (Å²) in [7, 11) is 4.22. The molecule has 0 radical (unpaired) electrons. The van der Waals surface area contributed by atoms with Crippen molar-refractivity contribution in [2.75, 3.05) is 14.1 Å². The van der Waals surface area contributed by atoms with Crippen molar-refractivity contribution in [2.24, 2.45) is 0 Å². The first kappa shape index (κ1) is 21.8. The van der Waals surface area contributed by atoms with E-state index in [1.54, 1.807) is 0 Å². The standard InChI is InChI=1S/C16H20N4.CH3.H2O.Pd/c1-19-9-13-5-3-7-15(17-13)11-20(2)12-16-8-4-6-14(10-19)18-16;;;/h3-8H,9-12H2,1-2H3;1H3;1H2;/q;-1;;. The zero-order valence-electron chi connectivity index (χ0n) is 13.9. The van der Waals surface area contributed by atoms with Gasteiger partial charge in [0.2, 0.25) is 0 Å². The Kier molecular flexibility index (Phi) is 9.37. The van der Waals surface area contributed by atoms with Crippen LogP contribution in [-0.2, 0) is 46.6 Å². The fourth-order valence-corrected chi connectivity index (χ4v) is 2.63. The Hall–Kier alpha value is -1.16. The summed E-state index contributed by atoms with van der Waals surface area (Å²) in [5.74, 6) is 0. The molecular weight excluding hydrogens is 383 g/mol. The van der Waals surface area contributed by atoms with Gasteiger partial charge in [0.1, 0.15) is 0 Å². The number of hydrogen-bond acceptors (Lipinski definition) is 4. The van der Waals surface area contributed by atoms with Gasteiger partial charge < -0.3 is 12.9 Å². The molecule has 0 spiro atoms. The largest absolute Gasteiger partial charge is 0.412 e. The smallest absolute Gasteiger partial charge is 0.0547 e. The van der Waals surface area contributed by atoms with Crippen LogP contribution in [0.2, 0.25) is 0 Å². The van der Waals surface area contributed by atoms with Gasteiger partial charge in [0.05, 0.1) is 22.8 Å². The molecule has 1 aliphatic rings. The molecule has 3 rings (SSSR count). The average molecular weight is 408 g/mol. The van der Waals surface area contributed by atoms with E-state index in [0.717, 1.165) is 49.0 Å². The van der Waals surface area contributed by atoms with Crippen LogP contribution in [0.1, 0.15) is 22.8 Å². The summed E-state index contributed by atoms with van der Waals surface area (Å²) in [6.45, 7) is 3.40. The van der Waals surface area contributed by atoms with E-state index in [-0.39, 0.29) is 33.3 Å². The third kappa shape index (κ3) is 6.10. The van der Waals surface area contributed by atoms with E-state index < -0.39 is 0 Å². The molecule has 2 N–H and O–H groups in total. The van der Waals surface area contributed by atoms with Crippen molar-refractivity contribution in [3.05, 3.63) is 66.6 Å². The molecule has 0 atom stereocenters. The van der Waals surface area contributed by atoms with Gasteiger partial charge >= 0.3 is 0 Å². The van der Waals surface area contributed by atoms with Crippen LogP contribution in [0.4, 0.5) is 0 Å². The SMILES string of the molecule is CN1Cc2cccc(n2)CN(C)Cc2cccc(n2)C1.O.[CH3-].[Pd].